The molecule has 226 valence electrons. The minimum atomic E-state index is -0.714. The van der Waals surface area contributed by atoms with Crippen molar-refractivity contribution in [2.24, 2.45) is 0 Å². The second-order valence-corrected chi connectivity index (χ2v) is 11.8. The van der Waals surface area contributed by atoms with Crippen molar-refractivity contribution >= 4 is 0 Å². The summed E-state index contributed by atoms with van der Waals surface area (Å²) in [7, 11) is 0. The van der Waals surface area contributed by atoms with Crippen LogP contribution in [0.15, 0.2) is 206 Å². The van der Waals surface area contributed by atoms with Crippen LogP contribution in [-0.2, 0) is 10.8 Å². The van der Waals surface area contributed by atoms with E-state index in [-0.39, 0.29) is 0 Å². The molecule has 7 aromatic rings. The van der Waals surface area contributed by atoms with Crippen LogP contribution in [0.2, 0.25) is 0 Å². The highest BCUT2D eigenvalue weighted by atomic mass is 14.4. The molecule has 0 spiro atoms. The molecular formula is C48H34. The van der Waals surface area contributed by atoms with Gasteiger partial charge in [-0.25, -0.2) is 0 Å². The van der Waals surface area contributed by atoms with Gasteiger partial charge in [-0.05, 0) is 57.6 Å². The maximum Gasteiger partial charge on any atom is 0.107 e. The van der Waals surface area contributed by atoms with Crippen LogP contribution in [0.1, 0.15) is 44.5 Å². The summed E-state index contributed by atoms with van der Waals surface area (Å²) in [5.74, 6) is 14.7. The predicted molar refractivity (Wildman–Crippen MR) is 199 cm³/mol. The van der Waals surface area contributed by atoms with E-state index < -0.39 is 10.8 Å². The smallest absolute Gasteiger partial charge is 0.0765 e. The Morgan fingerprint density at radius 2 is 0.438 bits per heavy atom. The van der Waals surface area contributed by atoms with Crippen molar-refractivity contribution in [3.63, 3.8) is 0 Å². The van der Waals surface area contributed by atoms with Crippen LogP contribution in [0.5, 0.6) is 0 Å². The van der Waals surface area contributed by atoms with Gasteiger partial charge in [0, 0.05) is 11.1 Å². The van der Waals surface area contributed by atoms with E-state index in [0.717, 1.165) is 44.5 Å². The number of hydrogen-bond donors (Lipinski definition) is 0. The summed E-state index contributed by atoms with van der Waals surface area (Å²) in [6.45, 7) is 0. The number of hydrogen-bond acceptors (Lipinski definition) is 0. The lowest BCUT2D eigenvalue weighted by atomic mass is 9.67. The summed E-state index contributed by atoms with van der Waals surface area (Å²) in [6, 6.07) is 72.0. The van der Waals surface area contributed by atoms with Crippen LogP contribution in [0.3, 0.4) is 0 Å². The first-order valence-electron chi connectivity index (χ1n) is 16.3. The molecule has 0 heterocycles. The van der Waals surface area contributed by atoms with Gasteiger partial charge in [0.2, 0.25) is 0 Å². The van der Waals surface area contributed by atoms with Gasteiger partial charge in [0.25, 0.3) is 0 Å². The van der Waals surface area contributed by atoms with Crippen LogP contribution in [-0.4, -0.2) is 0 Å². The van der Waals surface area contributed by atoms with Gasteiger partial charge in [-0.15, -0.1) is 0 Å². The Bertz CT molecular complexity index is 1940. The van der Waals surface area contributed by atoms with E-state index in [1.165, 1.54) is 0 Å². The SMILES string of the molecule is C(#CC(c1ccccc1)(c1ccccc1)c1ccc(C(C#Cc2ccccc2)(c2ccccc2)c2ccccc2)cc1)c1ccccc1. The van der Waals surface area contributed by atoms with Gasteiger partial charge in [0.15, 0.2) is 0 Å². The molecule has 0 radical (unpaired) electrons. The summed E-state index contributed by atoms with van der Waals surface area (Å²) >= 11 is 0. The van der Waals surface area contributed by atoms with Gasteiger partial charge in [0.05, 0.1) is 0 Å². The Balaban J connectivity index is 1.48. The highest BCUT2D eigenvalue weighted by molar-refractivity contribution is 5.63. The Hall–Kier alpha value is -6.34. The molecule has 0 aromatic heterocycles. The van der Waals surface area contributed by atoms with Crippen LogP contribution in [0.25, 0.3) is 0 Å². The molecule has 0 bridgehead atoms. The van der Waals surface area contributed by atoms with Crippen molar-refractivity contribution in [3.8, 4) is 23.7 Å². The first-order chi connectivity index (χ1) is 23.8. The molecular weight excluding hydrogens is 577 g/mol. The van der Waals surface area contributed by atoms with E-state index in [0.29, 0.717) is 0 Å². The molecule has 48 heavy (non-hydrogen) atoms. The van der Waals surface area contributed by atoms with Gasteiger partial charge in [-0.3, -0.25) is 0 Å². The minimum Gasteiger partial charge on any atom is -0.0765 e. The molecule has 0 atom stereocenters. The molecule has 0 aliphatic rings. The third-order valence-electron chi connectivity index (χ3n) is 8.91. The lowest BCUT2D eigenvalue weighted by Gasteiger charge is -2.33. The van der Waals surface area contributed by atoms with Crippen molar-refractivity contribution < 1.29 is 0 Å². The first kappa shape index (κ1) is 30.3. The monoisotopic (exact) mass is 610 g/mol. The van der Waals surface area contributed by atoms with Crippen molar-refractivity contribution in [2.75, 3.05) is 0 Å². The van der Waals surface area contributed by atoms with Crippen molar-refractivity contribution in [3.05, 3.63) is 251 Å². The largest absolute Gasteiger partial charge is 0.107 e. The second kappa shape index (κ2) is 14.0. The lowest BCUT2D eigenvalue weighted by molar-refractivity contribution is 0.789. The zero-order valence-corrected chi connectivity index (χ0v) is 26.6. The molecule has 0 aliphatic carbocycles. The molecule has 0 saturated heterocycles. The fourth-order valence-electron chi connectivity index (χ4n) is 6.53. The number of benzene rings is 7. The van der Waals surface area contributed by atoms with E-state index in [4.69, 9.17) is 0 Å². The van der Waals surface area contributed by atoms with Gasteiger partial charge in [-0.2, -0.15) is 0 Å². The average Bonchev–Trinajstić information content (AvgIpc) is 3.18. The molecule has 0 aliphatic heterocycles. The Labute approximate surface area is 284 Å². The zero-order valence-electron chi connectivity index (χ0n) is 26.6. The standard InChI is InChI=1S/C48H34/c1-7-19-39(20-8-1)35-37-47(41-23-11-3-12-24-41,42-25-13-4-14-26-42)45-31-33-46(34-32-45)48(43-27-15-5-16-28-43,44-29-17-6-18-30-44)38-36-40-21-9-2-10-22-40/h1-34H. The summed E-state index contributed by atoms with van der Waals surface area (Å²) < 4.78 is 0. The quantitative estimate of drug-likeness (QED) is 0.130. The molecule has 0 nitrogen and oxygen atoms in total. The zero-order chi connectivity index (χ0) is 32.5. The Morgan fingerprint density at radius 3 is 0.688 bits per heavy atom. The summed E-state index contributed by atoms with van der Waals surface area (Å²) in [4.78, 5) is 0. The highest BCUT2D eigenvalue weighted by Gasteiger charge is 2.38. The van der Waals surface area contributed by atoms with E-state index in [9.17, 15) is 0 Å². The van der Waals surface area contributed by atoms with E-state index in [1.807, 2.05) is 36.4 Å². The molecule has 0 unspecified atom stereocenters. The molecule has 0 fully saturated rings. The minimum absolute atomic E-state index is 0.714. The van der Waals surface area contributed by atoms with Crippen molar-refractivity contribution in [1.82, 2.24) is 0 Å². The van der Waals surface area contributed by atoms with Crippen LogP contribution < -0.4 is 0 Å². The average molecular weight is 611 g/mol. The Morgan fingerprint density at radius 1 is 0.229 bits per heavy atom. The molecule has 0 amide bonds. The van der Waals surface area contributed by atoms with E-state index >= 15 is 0 Å². The molecule has 7 aromatic carbocycles. The first-order valence-corrected chi connectivity index (χ1v) is 16.3. The summed E-state index contributed by atoms with van der Waals surface area (Å²) in [5.41, 5.74) is 7.20. The third-order valence-corrected chi connectivity index (χ3v) is 8.91. The van der Waals surface area contributed by atoms with E-state index in [2.05, 4.69) is 194 Å². The molecule has 7 rings (SSSR count). The van der Waals surface area contributed by atoms with E-state index in [1.54, 1.807) is 0 Å². The highest BCUT2D eigenvalue weighted by Crippen LogP contribution is 2.43. The summed E-state index contributed by atoms with van der Waals surface area (Å²) in [5, 5.41) is 0. The van der Waals surface area contributed by atoms with Gasteiger partial charge >= 0.3 is 0 Å². The van der Waals surface area contributed by atoms with Gasteiger partial charge < -0.3 is 0 Å². The molecule has 0 N–H and O–H groups in total. The van der Waals surface area contributed by atoms with Crippen LogP contribution >= 0.6 is 0 Å². The number of rotatable bonds is 6. The fourth-order valence-corrected chi connectivity index (χ4v) is 6.53. The summed E-state index contributed by atoms with van der Waals surface area (Å²) in [6.07, 6.45) is 0. The van der Waals surface area contributed by atoms with Gasteiger partial charge in [0.1, 0.15) is 10.8 Å². The fraction of sp³-hybridized carbons (Fsp3) is 0.0417. The topological polar surface area (TPSA) is 0 Å². The Kier molecular flexibility index (Phi) is 8.82. The van der Waals surface area contributed by atoms with Crippen LogP contribution in [0, 0.1) is 23.7 Å². The second-order valence-electron chi connectivity index (χ2n) is 11.8. The van der Waals surface area contributed by atoms with Crippen molar-refractivity contribution in [2.45, 2.75) is 10.8 Å². The molecule has 0 saturated carbocycles. The predicted octanol–water partition coefficient (Wildman–Crippen LogP) is 10.5. The maximum absolute atomic E-state index is 3.79. The van der Waals surface area contributed by atoms with Crippen molar-refractivity contribution in [1.29, 1.82) is 0 Å². The third kappa shape index (κ3) is 5.97. The normalized spacial score (nSPS) is 11.0. The maximum atomic E-state index is 3.79. The van der Waals surface area contributed by atoms with Gasteiger partial charge in [-0.1, -0.05) is 206 Å². The van der Waals surface area contributed by atoms with Crippen LogP contribution in [0.4, 0.5) is 0 Å². The molecule has 0 heteroatoms. The lowest BCUT2D eigenvalue weighted by Crippen LogP contribution is -2.30.